The molecular formula is C17H29F6NO4S. The van der Waals surface area contributed by atoms with E-state index in [1.54, 1.807) is 27.7 Å². The van der Waals surface area contributed by atoms with Crippen LogP contribution in [-0.2, 0) is 19.6 Å². The van der Waals surface area contributed by atoms with Gasteiger partial charge in [0.25, 0.3) is 0 Å². The first-order valence-electron chi connectivity index (χ1n) is 8.74. The summed E-state index contributed by atoms with van der Waals surface area (Å²) in [4.78, 5) is 12.7. The lowest BCUT2D eigenvalue weighted by molar-refractivity contribution is -0.169. The van der Waals surface area contributed by atoms with E-state index in [-0.39, 0.29) is 11.8 Å². The Morgan fingerprint density at radius 2 is 1.38 bits per heavy atom. The van der Waals surface area contributed by atoms with Gasteiger partial charge in [-0.15, -0.1) is 0 Å². The number of carbonyl (C=O) groups is 1. The molecule has 5 nitrogen and oxygen atoms in total. The lowest BCUT2D eigenvalue weighted by Gasteiger charge is -2.43. The molecule has 1 N–H and O–H groups in total. The van der Waals surface area contributed by atoms with Gasteiger partial charge in [-0.3, -0.25) is 4.79 Å². The van der Waals surface area contributed by atoms with Crippen LogP contribution in [0.1, 0.15) is 61.3 Å². The van der Waals surface area contributed by atoms with Crippen molar-refractivity contribution in [1.82, 2.24) is 4.72 Å². The van der Waals surface area contributed by atoms with Gasteiger partial charge in [-0.25, -0.2) is 13.1 Å². The average molecular weight is 457 g/mol. The molecule has 0 radical (unpaired) electrons. The van der Waals surface area contributed by atoms with Crippen molar-refractivity contribution < 1.29 is 44.3 Å². The molecule has 2 atom stereocenters. The summed E-state index contributed by atoms with van der Waals surface area (Å²) >= 11 is 0. The minimum atomic E-state index is -6.05. The van der Waals surface area contributed by atoms with Gasteiger partial charge in [0.05, 0.1) is 17.9 Å². The molecule has 0 heterocycles. The Bertz CT molecular complexity index is 674. The zero-order valence-corrected chi connectivity index (χ0v) is 18.3. The van der Waals surface area contributed by atoms with E-state index in [1.807, 2.05) is 20.8 Å². The highest BCUT2D eigenvalue weighted by Crippen LogP contribution is 2.47. The second kappa shape index (κ2) is 8.60. The Labute approximate surface area is 167 Å². The van der Waals surface area contributed by atoms with Crippen LogP contribution in [0.15, 0.2) is 0 Å². The first kappa shape index (κ1) is 28.0. The molecule has 2 unspecified atom stereocenters. The predicted molar refractivity (Wildman–Crippen MR) is 95.2 cm³/mol. The number of ether oxygens (including phenoxy) is 1. The van der Waals surface area contributed by atoms with E-state index in [0.717, 1.165) is 4.72 Å². The van der Waals surface area contributed by atoms with Crippen LogP contribution in [0.25, 0.3) is 0 Å². The van der Waals surface area contributed by atoms with Crippen LogP contribution in [-0.4, -0.2) is 38.7 Å². The van der Waals surface area contributed by atoms with E-state index in [2.05, 4.69) is 0 Å². The summed E-state index contributed by atoms with van der Waals surface area (Å²) in [5, 5.41) is 0. The van der Waals surface area contributed by atoms with Crippen molar-refractivity contribution in [3.8, 4) is 0 Å². The summed E-state index contributed by atoms with van der Waals surface area (Å²) in [7, 11) is -6.05. The Morgan fingerprint density at radius 3 is 1.69 bits per heavy atom. The summed E-state index contributed by atoms with van der Waals surface area (Å²) in [6.07, 6.45) is -6.63. The number of hydrogen-bond donors (Lipinski definition) is 1. The zero-order chi connectivity index (χ0) is 23.7. The molecule has 0 saturated carbocycles. The van der Waals surface area contributed by atoms with Gasteiger partial charge in [0.15, 0.2) is 0 Å². The molecule has 0 bridgehead atoms. The minimum Gasteiger partial charge on any atom is -0.464 e. The second-order valence-electron chi connectivity index (χ2n) is 9.50. The molecule has 174 valence electrons. The maximum Gasteiger partial charge on any atom is 0.511 e. The van der Waals surface area contributed by atoms with Crippen LogP contribution >= 0.6 is 0 Å². The fraction of sp³-hybridized carbons (Fsp3) is 0.941. The van der Waals surface area contributed by atoms with Crippen molar-refractivity contribution in [3.05, 3.63) is 0 Å². The molecule has 0 spiro atoms. The van der Waals surface area contributed by atoms with Crippen LogP contribution in [0.2, 0.25) is 0 Å². The molecule has 0 aliphatic heterocycles. The molecule has 0 fully saturated rings. The number of alkyl halides is 6. The summed E-state index contributed by atoms with van der Waals surface area (Å²) in [6.45, 7) is 11.1. The largest absolute Gasteiger partial charge is 0.511 e. The van der Waals surface area contributed by atoms with Crippen molar-refractivity contribution in [1.29, 1.82) is 0 Å². The van der Waals surface area contributed by atoms with Gasteiger partial charge in [-0.05, 0) is 24.2 Å². The molecular weight excluding hydrogens is 428 g/mol. The van der Waals surface area contributed by atoms with Crippen LogP contribution < -0.4 is 4.72 Å². The topological polar surface area (TPSA) is 72.5 Å². The Kier molecular flexibility index (Phi) is 8.29. The van der Waals surface area contributed by atoms with E-state index < -0.39 is 57.6 Å². The number of rotatable bonds is 7. The molecule has 0 aromatic heterocycles. The lowest BCUT2D eigenvalue weighted by atomic mass is 9.61. The summed E-state index contributed by atoms with van der Waals surface area (Å²) in [5.74, 6) is -0.918. The van der Waals surface area contributed by atoms with E-state index in [9.17, 15) is 39.6 Å². The zero-order valence-electron chi connectivity index (χ0n) is 17.5. The highest BCUT2D eigenvalue weighted by atomic mass is 32.2. The number of carbonyl (C=O) groups excluding carboxylic acids is 1. The molecule has 0 rings (SSSR count). The summed E-state index contributed by atoms with van der Waals surface area (Å²) in [6, 6.07) is -2.32. The predicted octanol–water partition coefficient (Wildman–Crippen LogP) is 4.78. The van der Waals surface area contributed by atoms with Gasteiger partial charge < -0.3 is 4.74 Å². The minimum absolute atomic E-state index is 0.278. The van der Waals surface area contributed by atoms with Crippen molar-refractivity contribution in [2.75, 3.05) is 6.61 Å². The number of hydrogen-bond acceptors (Lipinski definition) is 4. The van der Waals surface area contributed by atoms with E-state index >= 15 is 0 Å². The van der Waals surface area contributed by atoms with Crippen molar-refractivity contribution in [2.24, 2.45) is 16.2 Å². The SMILES string of the molecule is CC(C)(C)CC(C)(C(=O)OCC(CC(F)(F)F)NS(=O)(=O)C(F)(F)F)C(C)(C)C. The molecule has 0 aliphatic carbocycles. The average Bonchev–Trinajstić information content (AvgIpc) is 2.37. The van der Waals surface area contributed by atoms with Crippen molar-refractivity contribution >= 4 is 16.0 Å². The number of sulfonamides is 1. The molecule has 29 heavy (non-hydrogen) atoms. The summed E-state index contributed by atoms with van der Waals surface area (Å²) in [5.41, 5.74) is -8.05. The molecule has 0 aromatic carbocycles. The first-order chi connectivity index (χ1) is 12.4. The quantitative estimate of drug-likeness (QED) is 0.441. The van der Waals surface area contributed by atoms with E-state index in [1.165, 1.54) is 0 Å². The monoisotopic (exact) mass is 457 g/mol. The van der Waals surface area contributed by atoms with Gasteiger partial charge in [0.1, 0.15) is 6.61 Å². The van der Waals surface area contributed by atoms with Crippen LogP contribution in [0.5, 0.6) is 0 Å². The maximum absolute atomic E-state index is 12.7. The van der Waals surface area contributed by atoms with Gasteiger partial charge in [0, 0.05) is 0 Å². The molecule has 12 heteroatoms. The van der Waals surface area contributed by atoms with Crippen molar-refractivity contribution in [2.45, 2.75) is 79.0 Å². The molecule has 0 saturated heterocycles. The number of halogens is 6. The Balaban J connectivity index is 5.63. The fourth-order valence-corrected chi connectivity index (χ4v) is 3.46. The first-order valence-corrected chi connectivity index (χ1v) is 10.2. The smallest absolute Gasteiger partial charge is 0.464 e. The van der Waals surface area contributed by atoms with Gasteiger partial charge >= 0.3 is 27.7 Å². The van der Waals surface area contributed by atoms with Crippen LogP contribution in [0.3, 0.4) is 0 Å². The molecule has 0 aromatic rings. The fourth-order valence-electron chi connectivity index (χ4n) is 2.74. The summed E-state index contributed by atoms with van der Waals surface area (Å²) < 4.78 is 104. The Hall–Kier alpha value is -1.04. The standard InChI is InChI=1S/C17H29F6NO4S/c1-13(2,3)10-15(7,14(4,5)6)12(25)28-9-11(8-16(18,19)20)24-29(26,27)17(21,22)23/h11,24H,8-10H2,1-7H3. The lowest BCUT2D eigenvalue weighted by Crippen LogP contribution is -2.49. The second-order valence-corrected chi connectivity index (χ2v) is 11.2. The van der Waals surface area contributed by atoms with E-state index in [0.29, 0.717) is 0 Å². The molecule has 0 aliphatic rings. The number of esters is 1. The highest BCUT2D eigenvalue weighted by Gasteiger charge is 2.50. The normalized spacial score (nSPS) is 17.6. The van der Waals surface area contributed by atoms with Crippen LogP contribution in [0.4, 0.5) is 26.3 Å². The third kappa shape index (κ3) is 8.69. The van der Waals surface area contributed by atoms with Crippen molar-refractivity contribution in [3.63, 3.8) is 0 Å². The van der Waals surface area contributed by atoms with Gasteiger partial charge in [-0.1, -0.05) is 41.5 Å². The maximum atomic E-state index is 12.7. The number of nitrogens with one attached hydrogen (secondary N) is 1. The third-order valence-electron chi connectivity index (χ3n) is 4.51. The highest BCUT2D eigenvalue weighted by molar-refractivity contribution is 7.90. The third-order valence-corrected chi connectivity index (χ3v) is 5.76. The van der Waals surface area contributed by atoms with Crippen LogP contribution in [0, 0.1) is 16.2 Å². The van der Waals surface area contributed by atoms with Gasteiger partial charge in [-0.2, -0.15) is 26.3 Å². The van der Waals surface area contributed by atoms with Gasteiger partial charge in [0.2, 0.25) is 0 Å². The molecule has 0 amide bonds. The van der Waals surface area contributed by atoms with E-state index in [4.69, 9.17) is 4.74 Å². The Morgan fingerprint density at radius 1 is 0.931 bits per heavy atom.